The van der Waals surface area contributed by atoms with Gasteiger partial charge in [0, 0.05) is 19.5 Å². The number of nitrogens with zero attached hydrogens (tertiary/aromatic N) is 2. The van der Waals surface area contributed by atoms with Crippen LogP contribution in [0.1, 0.15) is 41.5 Å². The second-order valence-electron chi connectivity index (χ2n) is 8.31. The number of oxazole rings is 1. The molecular formula is C26H30N2O5. The highest BCUT2D eigenvalue weighted by atomic mass is 16.5. The minimum atomic E-state index is -0.0488. The lowest BCUT2D eigenvalue weighted by atomic mass is 9.98. The van der Waals surface area contributed by atoms with Crippen molar-refractivity contribution in [3.63, 3.8) is 0 Å². The molecule has 0 aliphatic carbocycles. The maximum atomic E-state index is 12.8. The molecule has 0 N–H and O–H groups in total. The van der Waals surface area contributed by atoms with Gasteiger partial charge in [0.25, 0.3) is 5.91 Å². The third-order valence-corrected chi connectivity index (χ3v) is 5.90. The highest BCUT2D eigenvalue weighted by Crippen LogP contribution is 2.29. The third-order valence-electron chi connectivity index (χ3n) is 5.90. The van der Waals surface area contributed by atoms with Crippen molar-refractivity contribution in [1.82, 2.24) is 9.88 Å². The van der Waals surface area contributed by atoms with Crippen molar-refractivity contribution >= 4 is 5.91 Å². The molecule has 1 saturated heterocycles. The molecule has 0 radical (unpaired) electrons. The Bertz CT molecular complexity index is 1080. The van der Waals surface area contributed by atoms with Gasteiger partial charge in [-0.3, -0.25) is 4.79 Å². The Morgan fingerprint density at radius 3 is 2.70 bits per heavy atom. The number of hydrogen-bond donors (Lipinski definition) is 0. The molecule has 33 heavy (non-hydrogen) atoms. The van der Waals surface area contributed by atoms with Crippen LogP contribution in [0.15, 0.2) is 53.1 Å². The number of carbonyl (C=O) groups is 1. The van der Waals surface area contributed by atoms with Crippen LogP contribution in [0, 0.1) is 6.92 Å². The quantitative estimate of drug-likeness (QED) is 0.507. The summed E-state index contributed by atoms with van der Waals surface area (Å²) >= 11 is 0. The van der Waals surface area contributed by atoms with Crippen LogP contribution in [0.2, 0.25) is 0 Å². The normalized spacial score (nSPS) is 15.8. The van der Waals surface area contributed by atoms with Crippen molar-refractivity contribution in [1.29, 1.82) is 0 Å². The molecule has 0 spiro atoms. The van der Waals surface area contributed by atoms with Crippen LogP contribution < -0.4 is 14.2 Å². The van der Waals surface area contributed by atoms with Crippen molar-refractivity contribution in [2.24, 2.45) is 0 Å². The largest absolute Gasteiger partial charge is 0.497 e. The Kier molecular flexibility index (Phi) is 7.17. The lowest BCUT2D eigenvalue weighted by Gasteiger charge is -2.31. The van der Waals surface area contributed by atoms with Crippen molar-refractivity contribution in [3.05, 3.63) is 71.4 Å². The molecule has 1 aliphatic heterocycles. The van der Waals surface area contributed by atoms with Crippen LogP contribution in [-0.2, 0) is 11.2 Å². The molecular weight excluding hydrogens is 420 g/mol. The molecule has 0 saturated carbocycles. The Balaban J connectivity index is 1.34. The first-order valence-electron chi connectivity index (χ1n) is 11.2. The fraction of sp³-hybridized carbons (Fsp3) is 0.385. The zero-order valence-electron chi connectivity index (χ0n) is 19.4. The molecule has 0 unspecified atom stereocenters. The number of likely N-dealkylation sites (tertiary alicyclic amines) is 1. The molecule has 1 atom stereocenters. The summed E-state index contributed by atoms with van der Waals surface area (Å²) in [6, 6.07) is 13.6. The highest BCUT2D eigenvalue weighted by Gasteiger charge is 2.28. The van der Waals surface area contributed by atoms with Gasteiger partial charge in [-0.2, -0.15) is 0 Å². The summed E-state index contributed by atoms with van der Waals surface area (Å²) in [5, 5.41) is 0. The van der Waals surface area contributed by atoms with E-state index in [4.69, 9.17) is 18.6 Å². The molecule has 2 aromatic carbocycles. The van der Waals surface area contributed by atoms with Gasteiger partial charge in [0.1, 0.15) is 11.5 Å². The van der Waals surface area contributed by atoms with Gasteiger partial charge in [0.2, 0.25) is 0 Å². The maximum absolute atomic E-state index is 12.8. The number of benzene rings is 2. The lowest BCUT2D eigenvalue weighted by molar-refractivity contribution is -0.134. The van der Waals surface area contributed by atoms with Crippen molar-refractivity contribution < 1.29 is 23.4 Å². The molecule has 1 amide bonds. The molecule has 0 bridgehead atoms. The van der Waals surface area contributed by atoms with E-state index in [1.54, 1.807) is 20.4 Å². The Morgan fingerprint density at radius 2 is 1.94 bits per heavy atom. The summed E-state index contributed by atoms with van der Waals surface area (Å²) in [4.78, 5) is 19.2. The van der Waals surface area contributed by atoms with Crippen molar-refractivity contribution in [2.45, 2.75) is 32.1 Å². The monoisotopic (exact) mass is 450 g/mol. The van der Waals surface area contributed by atoms with E-state index >= 15 is 0 Å². The number of amides is 1. The number of ether oxygens (including phenoxy) is 3. The molecule has 1 aromatic heterocycles. The molecule has 2 heterocycles. The highest BCUT2D eigenvalue weighted by molar-refractivity contribution is 5.78. The average Bonchev–Trinajstić information content (AvgIpc) is 3.32. The Morgan fingerprint density at radius 1 is 1.12 bits per heavy atom. The van der Waals surface area contributed by atoms with Crippen LogP contribution in [0.25, 0.3) is 0 Å². The van der Waals surface area contributed by atoms with Crippen LogP contribution in [0.3, 0.4) is 0 Å². The van der Waals surface area contributed by atoms with E-state index in [0.717, 1.165) is 35.5 Å². The molecule has 4 rings (SSSR count). The van der Waals surface area contributed by atoms with E-state index in [1.807, 2.05) is 54.3 Å². The average molecular weight is 451 g/mol. The number of aryl methyl sites for hydroxylation is 1. The number of aromatic nitrogens is 1. The summed E-state index contributed by atoms with van der Waals surface area (Å²) in [5.74, 6) is 3.57. The lowest BCUT2D eigenvalue weighted by Crippen LogP contribution is -2.41. The van der Waals surface area contributed by atoms with Crippen LogP contribution in [0.4, 0.5) is 0 Å². The number of carbonyl (C=O) groups excluding carboxylic acids is 1. The molecule has 1 aliphatic rings. The van der Waals surface area contributed by atoms with E-state index in [1.165, 1.54) is 0 Å². The Labute approximate surface area is 194 Å². The van der Waals surface area contributed by atoms with E-state index in [0.29, 0.717) is 36.9 Å². The van der Waals surface area contributed by atoms with Crippen molar-refractivity contribution in [3.8, 4) is 17.2 Å². The van der Waals surface area contributed by atoms with E-state index in [2.05, 4.69) is 4.98 Å². The molecule has 174 valence electrons. The topological polar surface area (TPSA) is 74.0 Å². The molecule has 3 aromatic rings. The van der Waals surface area contributed by atoms with Gasteiger partial charge in [-0.25, -0.2) is 4.98 Å². The number of hydrogen-bond acceptors (Lipinski definition) is 6. The predicted octanol–water partition coefficient (Wildman–Crippen LogP) is 4.38. The Hall–Kier alpha value is -3.48. The minimum Gasteiger partial charge on any atom is -0.497 e. The van der Waals surface area contributed by atoms with Gasteiger partial charge in [-0.15, -0.1) is 0 Å². The van der Waals surface area contributed by atoms with Crippen molar-refractivity contribution in [2.75, 3.05) is 33.9 Å². The summed E-state index contributed by atoms with van der Waals surface area (Å²) in [6.07, 6.45) is 4.30. The number of piperidine rings is 1. The fourth-order valence-corrected chi connectivity index (χ4v) is 4.07. The fourth-order valence-electron chi connectivity index (χ4n) is 4.07. The SMILES string of the molecule is COc1ccc(Cc2cnc([C@@H]3CCCN(C(=O)COc4ccc(C)cc4OC)C3)o2)cc1. The number of rotatable bonds is 8. The second-order valence-corrected chi connectivity index (χ2v) is 8.31. The molecule has 7 nitrogen and oxygen atoms in total. The van der Waals surface area contributed by atoms with E-state index in [-0.39, 0.29) is 18.4 Å². The minimum absolute atomic E-state index is 0.0273. The van der Waals surface area contributed by atoms with Crippen LogP contribution >= 0.6 is 0 Å². The summed E-state index contributed by atoms with van der Waals surface area (Å²) in [6.45, 7) is 3.25. The van der Waals surface area contributed by atoms with Gasteiger partial charge >= 0.3 is 0 Å². The summed E-state index contributed by atoms with van der Waals surface area (Å²) in [5.41, 5.74) is 2.20. The first kappa shape index (κ1) is 22.7. The van der Waals surface area contributed by atoms with Gasteiger partial charge in [-0.1, -0.05) is 18.2 Å². The summed E-state index contributed by atoms with van der Waals surface area (Å²) in [7, 11) is 3.25. The van der Waals surface area contributed by atoms with Gasteiger partial charge in [-0.05, 0) is 55.2 Å². The van der Waals surface area contributed by atoms with E-state index in [9.17, 15) is 4.79 Å². The second kappa shape index (κ2) is 10.4. The van der Waals surface area contributed by atoms with Gasteiger partial charge < -0.3 is 23.5 Å². The predicted molar refractivity (Wildman–Crippen MR) is 124 cm³/mol. The van der Waals surface area contributed by atoms with Crippen LogP contribution in [-0.4, -0.2) is 49.7 Å². The maximum Gasteiger partial charge on any atom is 0.260 e. The molecule has 7 heteroatoms. The zero-order valence-corrected chi connectivity index (χ0v) is 19.4. The smallest absolute Gasteiger partial charge is 0.260 e. The summed E-state index contributed by atoms with van der Waals surface area (Å²) < 4.78 is 22.4. The third kappa shape index (κ3) is 5.66. The van der Waals surface area contributed by atoms with Gasteiger partial charge in [0.15, 0.2) is 24.0 Å². The zero-order chi connectivity index (χ0) is 23.2. The van der Waals surface area contributed by atoms with E-state index < -0.39 is 0 Å². The standard InChI is InChI=1S/C26H30N2O5/c1-18-6-11-23(24(13-18)31-3)32-17-25(29)28-12-4-5-20(16-28)26-27-15-22(33-26)14-19-7-9-21(30-2)10-8-19/h6-11,13,15,20H,4-5,12,14,16-17H2,1-3H3/t20-/m1/s1. The van der Waals surface area contributed by atoms with Gasteiger partial charge in [0.05, 0.1) is 26.3 Å². The van der Waals surface area contributed by atoms with Crippen LogP contribution in [0.5, 0.6) is 17.2 Å². The first-order chi connectivity index (χ1) is 16.1. The first-order valence-corrected chi connectivity index (χ1v) is 11.2. The molecule has 1 fully saturated rings. The number of methoxy groups -OCH3 is 2.